The number of alkyl halides is 1. The molecule has 5 aliphatic rings. The molecule has 4 saturated carbocycles. The summed E-state index contributed by atoms with van der Waals surface area (Å²) in [6, 6.07) is 0. The van der Waals surface area contributed by atoms with Crippen LogP contribution in [0.25, 0.3) is 0 Å². The molecule has 0 radical (unpaired) electrons. The number of halogens is 1. The van der Waals surface area contributed by atoms with Gasteiger partial charge in [0.05, 0.1) is 6.67 Å². The maximum absolute atomic E-state index is 13.9. The number of fused-ring (bicyclic) bond motifs is 2. The van der Waals surface area contributed by atoms with Gasteiger partial charge in [-0.05, 0) is 99.3 Å². The Kier molecular flexibility index (Phi) is 6.60. The first-order valence-corrected chi connectivity index (χ1v) is 13.2. The van der Waals surface area contributed by atoms with Crippen LogP contribution in [0.2, 0.25) is 0 Å². The van der Waals surface area contributed by atoms with Crippen molar-refractivity contribution in [3.05, 3.63) is 0 Å². The maximum Gasteiger partial charge on any atom is 0.0898 e. The number of hydrogen-bond donors (Lipinski definition) is 3. The Morgan fingerprint density at radius 1 is 0.935 bits per heavy atom. The van der Waals surface area contributed by atoms with Gasteiger partial charge in [0.25, 0.3) is 0 Å². The second-order valence-electron chi connectivity index (χ2n) is 12.5. The first kappa shape index (κ1) is 24.0. The predicted octanol–water partition coefficient (Wildman–Crippen LogP) is 5.42. The summed E-state index contributed by atoms with van der Waals surface area (Å²) in [4.78, 5) is 0. The SMILES string of the molecule is C.CC1CCC2(CC3CC(N)(C4CCC5CCCCC5C4)C(CCF)C3(N)C2C)NC1. The molecule has 10 unspecified atom stereocenters. The van der Waals surface area contributed by atoms with Gasteiger partial charge in [0.15, 0.2) is 0 Å². The monoisotopic (exact) mass is 435 g/mol. The fourth-order valence-corrected chi connectivity index (χ4v) is 9.55. The summed E-state index contributed by atoms with van der Waals surface area (Å²) in [5, 5.41) is 3.94. The summed E-state index contributed by atoms with van der Waals surface area (Å²) in [7, 11) is 0. The van der Waals surface area contributed by atoms with E-state index in [1.807, 2.05) is 0 Å². The first-order chi connectivity index (χ1) is 14.3. The maximum atomic E-state index is 13.9. The van der Waals surface area contributed by atoms with Crippen LogP contribution in [0.15, 0.2) is 0 Å². The largest absolute Gasteiger partial charge is 0.325 e. The third-order valence-corrected chi connectivity index (χ3v) is 11.3. The molecule has 5 rings (SSSR count). The smallest absolute Gasteiger partial charge is 0.0898 e. The highest BCUT2D eigenvalue weighted by molar-refractivity contribution is 5.27. The number of piperidine rings is 1. The second kappa shape index (κ2) is 8.55. The van der Waals surface area contributed by atoms with Crippen molar-refractivity contribution in [3.63, 3.8) is 0 Å². The molecule has 1 aliphatic heterocycles. The molecule has 5 fully saturated rings. The van der Waals surface area contributed by atoms with Crippen molar-refractivity contribution < 1.29 is 4.39 Å². The van der Waals surface area contributed by atoms with Crippen molar-refractivity contribution >= 4 is 0 Å². The van der Waals surface area contributed by atoms with Crippen molar-refractivity contribution in [1.82, 2.24) is 5.32 Å². The van der Waals surface area contributed by atoms with Gasteiger partial charge in [0.1, 0.15) is 0 Å². The molecule has 31 heavy (non-hydrogen) atoms. The van der Waals surface area contributed by atoms with E-state index in [4.69, 9.17) is 11.5 Å². The molecule has 4 heteroatoms. The van der Waals surface area contributed by atoms with Gasteiger partial charge in [-0.15, -0.1) is 0 Å². The van der Waals surface area contributed by atoms with Crippen molar-refractivity contribution in [3.8, 4) is 0 Å². The molecule has 10 atom stereocenters. The summed E-state index contributed by atoms with van der Waals surface area (Å²) >= 11 is 0. The highest BCUT2D eigenvalue weighted by Crippen LogP contribution is 2.64. The van der Waals surface area contributed by atoms with Crippen LogP contribution in [-0.2, 0) is 0 Å². The number of nitrogens with two attached hydrogens (primary N) is 2. The van der Waals surface area contributed by atoms with E-state index in [1.165, 1.54) is 57.8 Å². The summed E-state index contributed by atoms with van der Waals surface area (Å²) in [6.45, 7) is 5.54. The van der Waals surface area contributed by atoms with E-state index in [0.29, 0.717) is 24.2 Å². The van der Waals surface area contributed by atoms with E-state index in [0.717, 1.165) is 37.1 Å². The molecule has 3 nitrogen and oxygen atoms in total. The van der Waals surface area contributed by atoms with Gasteiger partial charge in [0, 0.05) is 16.6 Å². The Morgan fingerprint density at radius 2 is 1.68 bits per heavy atom. The molecule has 1 saturated heterocycles. The van der Waals surface area contributed by atoms with Gasteiger partial charge >= 0.3 is 0 Å². The van der Waals surface area contributed by atoms with Crippen LogP contribution in [-0.4, -0.2) is 29.8 Å². The van der Waals surface area contributed by atoms with E-state index < -0.39 is 0 Å². The highest BCUT2D eigenvalue weighted by Gasteiger charge is 2.70. The van der Waals surface area contributed by atoms with Gasteiger partial charge in [-0.3, -0.25) is 4.39 Å². The van der Waals surface area contributed by atoms with Crippen LogP contribution in [0, 0.1) is 41.4 Å². The van der Waals surface area contributed by atoms with Crippen LogP contribution in [0.4, 0.5) is 4.39 Å². The fourth-order valence-electron chi connectivity index (χ4n) is 9.55. The Morgan fingerprint density at radius 3 is 2.35 bits per heavy atom. The lowest BCUT2D eigenvalue weighted by Crippen LogP contribution is -2.65. The topological polar surface area (TPSA) is 64.1 Å². The minimum atomic E-state index is -0.308. The molecule has 0 amide bonds. The quantitative estimate of drug-likeness (QED) is 0.555. The van der Waals surface area contributed by atoms with Crippen molar-refractivity contribution in [2.45, 2.75) is 115 Å². The summed E-state index contributed by atoms with van der Waals surface area (Å²) in [5.74, 6) is 4.03. The van der Waals surface area contributed by atoms with Gasteiger partial charge in [-0.1, -0.05) is 47.0 Å². The Bertz CT molecular complexity index is 632. The average molecular weight is 436 g/mol. The third-order valence-electron chi connectivity index (χ3n) is 11.3. The van der Waals surface area contributed by atoms with Gasteiger partial charge in [-0.25, -0.2) is 0 Å². The Balaban J connectivity index is 0.00000231. The Hall–Kier alpha value is -0.190. The Labute approximate surface area is 191 Å². The molecular weight excluding hydrogens is 385 g/mol. The van der Waals surface area contributed by atoms with E-state index in [9.17, 15) is 4.39 Å². The average Bonchev–Trinajstić information content (AvgIpc) is 3.09. The molecule has 5 N–H and O–H groups in total. The van der Waals surface area contributed by atoms with Crippen LogP contribution in [0.3, 0.4) is 0 Å². The summed E-state index contributed by atoms with van der Waals surface area (Å²) in [5.41, 5.74) is 14.4. The molecule has 0 aromatic rings. The summed E-state index contributed by atoms with van der Waals surface area (Å²) < 4.78 is 13.9. The molecule has 0 aromatic carbocycles. The summed E-state index contributed by atoms with van der Waals surface area (Å²) in [6.07, 6.45) is 14.8. The number of nitrogens with one attached hydrogen (secondary N) is 1. The molecule has 0 aromatic heterocycles. The lowest BCUT2D eigenvalue weighted by molar-refractivity contribution is 0.0344. The van der Waals surface area contributed by atoms with Crippen LogP contribution in [0.1, 0.15) is 98.3 Å². The van der Waals surface area contributed by atoms with E-state index >= 15 is 0 Å². The lowest BCUT2D eigenvalue weighted by atomic mass is 9.58. The molecular formula is C27H50FN3. The zero-order chi connectivity index (χ0) is 21.1. The van der Waals surface area contributed by atoms with Gasteiger partial charge < -0.3 is 16.8 Å². The van der Waals surface area contributed by atoms with Crippen LogP contribution >= 0.6 is 0 Å². The van der Waals surface area contributed by atoms with Crippen molar-refractivity contribution in [2.24, 2.45) is 52.9 Å². The zero-order valence-electron chi connectivity index (χ0n) is 19.5. The number of rotatable bonds is 3. The molecule has 4 aliphatic carbocycles. The van der Waals surface area contributed by atoms with Crippen LogP contribution in [0.5, 0.6) is 0 Å². The van der Waals surface area contributed by atoms with Gasteiger partial charge in [0.2, 0.25) is 0 Å². The third kappa shape index (κ3) is 3.53. The minimum Gasteiger partial charge on any atom is -0.325 e. The molecule has 1 heterocycles. The van der Waals surface area contributed by atoms with E-state index in [1.54, 1.807) is 0 Å². The first-order valence-electron chi connectivity index (χ1n) is 13.2. The van der Waals surface area contributed by atoms with E-state index in [-0.39, 0.29) is 36.6 Å². The lowest BCUT2D eigenvalue weighted by Gasteiger charge is -2.52. The zero-order valence-corrected chi connectivity index (χ0v) is 19.5. The van der Waals surface area contributed by atoms with E-state index in [2.05, 4.69) is 19.2 Å². The number of hydrogen-bond acceptors (Lipinski definition) is 3. The molecule has 1 spiro atoms. The van der Waals surface area contributed by atoms with Gasteiger partial charge in [-0.2, -0.15) is 0 Å². The second-order valence-corrected chi connectivity index (χ2v) is 12.5. The molecule has 180 valence electrons. The fraction of sp³-hybridized carbons (Fsp3) is 1.00. The standard InChI is InChI=1S/C26H46FN3.CH4/c1-17-9-11-24(30-16-17)14-22-15-25(28,23(10-12-27)26(22,29)18(24)2)21-8-7-19-5-3-4-6-20(19)13-21;/h17-23,30H,3-16,28-29H2,1-2H3;1H4. The minimum absolute atomic E-state index is 0. The molecule has 0 bridgehead atoms. The van der Waals surface area contributed by atoms with Crippen molar-refractivity contribution in [1.29, 1.82) is 0 Å². The van der Waals surface area contributed by atoms with Crippen molar-refractivity contribution in [2.75, 3.05) is 13.2 Å². The normalized spacial score (nSPS) is 54.3. The predicted molar refractivity (Wildman–Crippen MR) is 128 cm³/mol. The highest BCUT2D eigenvalue weighted by atomic mass is 19.1. The van der Waals surface area contributed by atoms with Crippen LogP contribution < -0.4 is 16.8 Å².